The zero-order valence-electron chi connectivity index (χ0n) is 5.96. The van der Waals surface area contributed by atoms with Crippen molar-refractivity contribution in [1.29, 1.82) is 0 Å². The number of halogens is 1. The number of ether oxygens (including phenoxy) is 1. The Morgan fingerprint density at radius 2 is 2.45 bits per heavy atom. The van der Waals surface area contributed by atoms with Crippen molar-refractivity contribution in [3.05, 3.63) is 0 Å². The highest BCUT2D eigenvalue weighted by Gasteiger charge is 2.38. The molecule has 1 N–H and O–H groups in total. The topological polar surface area (TPSA) is 55.4 Å². The molecule has 0 radical (unpaired) electrons. The van der Waals surface area contributed by atoms with Gasteiger partial charge in [-0.2, -0.15) is 0 Å². The maximum Gasteiger partial charge on any atom is 0.331 e. The Bertz CT molecular complexity index is 194. The van der Waals surface area contributed by atoms with Gasteiger partial charge in [-0.1, -0.05) is 0 Å². The van der Waals surface area contributed by atoms with Crippen LogP contribution in [0.2, 0.25) is 0 Å². The van der Waals surface area contributed by atoms with Gasteiger partial charge in [-0.3, -0.25) is 4.79 Å². The van der Waals surface area contributed by atoms with E-state index in [4.69, 9.17) is 0 Å². The maximum absolute atomic E-state index is 12.7. The molecule has 1 saturated heterocycles. The normalized spacial score (nSPS) is 29.8. The standard InChI is InChI=1S/C6H8FNO3/c1-11-6(10)5-3(7)2-4(9)8-5/h3,5H,2H2,1H3,(H,8,9)/t3-,5-/m0/s1. The van der Waals surface area contributed by atoms with Crippen LogP contribution in [0.15, 0.2) is 0 Å². The summed E-state index contributed by atoms with van der Waals surface area (Å²) in [7, 11) is 1.15. The Morgan fingerprint density at radius 3 is 2.82 bits per heavy atom. The molecule has 1 aliphatic rings. The number of hydrogen-bond donors (Lipinski definition) is 1. The number of esters is 1. The molecule has 0 aromatic carbocycles. The van der Waals surface area contributed by atoms with Crippen LogP contribution in [-0.2, 0) is 14.3 Å². The van der Waals surface area contributed by atoms with Gasteiger partial charge in [0.15, 0.2) is 6.04 Å². The number of alkyl halides is 1. The molecule has 0 spiro atoms. The van der Waals surface area contributed by atoms with Gasteiger partial charge in [0.05, 0.1) is 13.5 Å². The number of amides is 1. The van der Waals surface area contributed by atoms with E-state index in [0.717, 1.165) is 7.11 Å². The first-order chi connectivity index (χ1) is 5.15. The van der Waals surface area contributed by atoms with Crippen molar-refractivity contribution in [2.45, 2.75) is 18.6 Å². The molecule has 62 valence electrons. The predicted octanol–water partition coefficient (Wildman–Crippen LogP) is -0.614. The lowest BCUT2D eigenvalue weighted by Crippen LogP contribution is -2.38. The number of carbonyl (C=O) groups excluding carboxylic acids is 2. The molecule has 0 aliphatic carbocycles. The summed E-state index contributed by atoms with van der Waals surface area (Å²) >= 11 is 0. The van der Waals surface area contributed by atoms with E-state index in [1.54, 1.807) is 0 Å². The highest BCUT2D eigenvalue weighted by atomic mass is 19.1. The predicted molar refractivity (Wildman–Crippen MR) is 33.5 cm³/mol. The number of rotatable bonds is 1. The molecule has 0 aromatic heterocycles. The van der Waals surface area contributed by atoms with E-state index in [-0.39, 0.29) is 6.42 Å². The SMILES string of the molecule is COC(=O)[C@H]1NC(=O)C[C@@H]1F. The average molecular weight is 161 g/mol. The summed E-state index contributed by atoms with van der Waals surface area (Å²) in [5, 5.41) is 2.17. The van der Waals surface area contributed by atoms with E-state index in [2.05, 4.69) is 10.1 Å². The molecule has 0 aromatic rings. The third-order valence-corrected chi connectivity index (χ3v) is 1.51. The molecule has 0 unspecified atom stereocenters. The second-order valence-corrected chi connectivity index (χ2v) is 2.29. The summed E-state index contributed by atoms with van der Waals surface area (Å²) < 4.78 is 17.0. The van der Waals surface area contributed by atoms with Crippen LogP contribution in [0, 0.1) is 0 Å². The number of methoxy groups -OCH3 is 1. The smallest absolute Gasteiger partial charge is 0.331 e. The van der Waals surface area contributed by atoms with Gasteiger partial charge in [-0.25, -0.2) is 9.18 Å². The Morgan fingerprint density at radius 1 is 1.82 bits per heavy atom. The van der Waals surface area contributed by atoms with Crippen LogP contribution in [0.25, 0.3) is 0 Å². The molecule has 1 heterocycles. The van der Waals surface area contributed by atoms with Crippen LogP contribution in [0.3, 0.4) is 0 Å². The largest absolute Gasteiger partial charge is 0.467 e. The highest BCUT2D eigenvalue weighted by molar-refractivity contribution is 5.89. The van der Waals surface area contributed by atoms with Gasteiger partial charge in [0.1, 0.15) is 6.17 Å². The molecule has 1 fully saturated rings. The summed E-state index contributed by atoms with van der Waals surface area (Å²) in [6, 6.07) is -1.10. The van der Waals surface area contributed by atoms with Crippen LogP contribution >= 0.6 is 0 Å². The van der Waals surface area contributed by atoms with E-state index in [1.807, 2.05) is 0 Å². The number of nitrogens with one attached hydrogen (secondary N) is 1. The van der Waals surface area contributed by atoms with Crippen LogP contribution in [0.4, 0.5) is 4.39 Å². The van der Waals surface area contributed by atoms with Gasteiger partial charge in [0.2, 0.25) is 5.91 Å². The van der Waals surface area contributed by atoms with Crippen molar-refractivity contribution < 1.29 is 18.7 Å². The minimum absolute atomic E-state index is 0.250. The van der Waals surface area contributed by atoms with E-state index in [0.29, 0.717) is 0 Å². The lowest BCUT2D eigenvalue weighted by atomic mass is 10.2. The Balaban J connectivity index is 2.59. The van der Waals surface area contributed by atoms with Crippen molar-refractivity contribution in [1.82, 2.24) is 5.32 Å². The van der Waals surface area contributed by atoms with Crippen LogP contribution in [0.1, 0.15) is 6.42 Å². The van der Waals surface area contributed by atoms with Gasteiger partial charge in [-0.15, -0.1) is 0 Å². The fourth-order valence-corrected chi connectivity index (χ4v) is 0.951. The minimum atomic E-state index is -1.45. The van der Waals surface area contributed by atoms with E-state index in [9.17, 15) is 14.0 Å². The molecule has 2 atom stereocenters. The van der Waals surface area contributed by atoms with Crippen LogP contribution in [-0.4, -0.2) is 31.2 Å². The lowest BCUT2D eigenvalue weighted by molar-refractivity contribution is -0.144. The first kappa shape index (κ1) is 7.97. The summed E-state index contributed by atoms with van der Waals surface area (Å²) in [5.74, 6) is -1.18. The van der Waals surface area contributed by atoms with Crippen molar-refractivity contribution in [2.75, 3.05) is 7.11 Å². The highest BCUT2D eigenvalue weighted by Crippen LogP contribution is 2.12. The quantitative estimate of drug-likeness (QED) is 0.522. The Hall–Kier alpha value is -1.13. The van der Waals surface area contributed by atoms with Crippen molar-refractivity contribution in [3.8, 4) is 0 Å². The van der Waals surface area contributed by atoms with Gasteiger partial charge >= 0.3 is 5.97 Å². The van der Waals surface area contributed by atoms with E-state index < -0.39 is 24.1 Å². The summed E-state index contributed by atoms with van der Waals surface area (Å²) in [6.07, 6.45) is -1.70. The zero-order chi connectivity index (χ0) is 8.43. The molecule has 5 heteroatoms. The molecular weight excluding hydrogens is 153 g/mol. The molecule has 0 saturated carbocycles. The second kappa shape index (κ2) is 2.86. The number of carbonyl (C=O) groups is 2. The molecule has 4 nitrogen and oxygen atoms in total. The summed E-state index contributed by atoms with van der Waals surface area (Å²) in [4.78, 5) is 21.2. The molecule has 0 bridgehead atoms. The first-order valence-electron chi connectivity index (χ1n) is 3.16. The molecule has 11 heavy (non-hydrogen) atoms. The van der Waals surface area contributed by atoms with Crippen LogP contribution in [0.5, 0.6) is 0 Å². The van der Waals surface area contributed by atoms with Crippen molar-refractivity contribution in [2.24, 2.45) is 0 Å². The Labute approximate surface area is 62.7 Å². The van der Waals surface area contributed by atoms with Crippen molar-refractivity contribution >= 4 is 11.9 Å². The van der Waals surface area contributed by atoms with Gasteiger partial charge in [-0.05, 0) is 0 Å². The monoisotopic (exact) mass is 161 g/mol. The number of hydrogen-bond acceptors (Lipinski definition) is 3. The second-order valence-electron chi connectivity index (χ2n) is 2.29. The Kier molecular flexibility index (Phi) is 2.07. The van der Waals surface area contributed by atoms with E-state index in [1.165, 1.54) is 0 Å². The minimum Gasteiger partial charge on any atom is -0.467 e. The van der Waals surface area contributed by atoms with Crippen LogP contribution < -0.4 is 5.32 Å². The van der Waals surface area contributed by atoms with Gasteiger partial charge in [0, 0.05) is 0 Å². The fourth-order valence-electron chi connectivity index (χ4n) is 0.951. The average Bonchev–Trinajstić information content (AvgIpc) is 2.28. The summed E-state index contributed by atoms with van der Waals surface area (Å²) in [6.45, 7) is 0. The van der Waals surface area contributed by atoms with Gasteiger partial charge in [0.25, 0.3) is 0 Å². The van der Waals surface area contributed by atoms with Gasteiger partial charge < -0.3 is 10.1 Å². The molecule has 1 rings (SSSR count). The lowest BCUT2D eigenvalue weighted by Gasteiger charge is -2.08. The third-order valence-electron chi connectivity index (χ3n) is 1.51. The molecular formula is C6H8FNO3. The van der Waals surface area contributed by atoms with Crippen molar-refractivity contribution in [3.63, 3.8) is 0 Å². The first-order valence-corrected chi connectivity index (χ1v) is 3.16. The summed E-state index contributed by atoms with van der Waals surface area (Å²) in [5.41, 5.74) is 0. The van der Waals surface area contributed by atoms with E-state index >= 15 is 0 Å². The molecule has 1 aliphatic heterocycles. The maximum atomic E-state index is 12.7. The fraction of sp³-hybridized carbons (Fsp3) is 0.667. The third kappa shape index (κ3) is 1.47. The zero-order valence-corrected chi connectivity index (χ0v) is 5.96. The molecule has 1 amide bonds.